The smallest absolute Gasteiger partial charge is 0.126 e. The van der Waals surface area contributed by atoms with Crippen LogP contribution < -0.4 is 4.74 Å². The van der Waals surface area contributed by atoms with E-state index in [0.29, 0.717) is 5.75 Å². The van der Waals surface area contributed by atoms with Gasteiger partial charge in [0.1, 0.15) is 17.1 Å². The van der Waals surface area contributed by atoms with Crippen molar-refractivity contribution in [3.05, 3.63) is 57.7 Å². The summed E-state index contributed by atoms with van der Waals surface area (Å²) in [5.41, 5.74) is 7.45. The molecule has 0 fully saturated rings. The van der Waals surface area contributed by atoms with E-state index in [1.54, 1.807) is 0 Å². The molecule has 1 N–H and O–H groups in total. The molecule has 0 spiro atoms. The van der Waals surface area contributed by atoms with E-state index in [-0.39, 0.29) is 5.60 Å². The average Bonchev–Trinajstić information content (AvgIpc) is 2.66. The summed E-state index contributed by atoms with van der Waals surface area (Å²) in [5.74, 6) is 1.38. The van der Waals surface area contributed by atoms with Gasteiger partial charge in [-0.05, 0) is 117 Å². The summed E-state index contributed by atoms with van der Waals surface area (Å²) in [7, 11) is 0. The molecule has 1 aliphatic heterocycles. The van der Waals surface area contributed by atoms with Crippen LogP contribution in [0.5, 0.6) is 11.5 Å². The maximum Gasteiger partial charge on any atom is 0.126 e. The summed E-state index contributed by atoms with van der Waals surface area (Å²) in [6, 6.07) is 1.83. The molecule has 1 aliphatic rings. The van der Waals surface area contributed by atoms with Gasteiger partial charge in [-0.15, -0.1) is 0 Å². The standard InChI is InChI=1S/C28H42O2/c1-20(2)11-8-12-21(3)13-9-14-22(4)15-10-17-28(7)18-16-25-24(6)26(29)19-23(5)27(25)30-28/h11,13,15,19,29H,8-10,12,14,16-18H2,1-7H3/b21-13+,22-15+. The van der Waals surface area contributed by atoms with Crippen LogP contribution in [0.1, 0.15) is 96.3 Å². The van der Waals surface area contributed by atoms with E-state index in [9.17, 15) is 5.11 Å². The first-order chi connectivity index (χ1) is 14.1. The minimum atomic E-state index is -0.126. The van der Waals surface area contributed by atoms with Crippen molar-refractivity contribution >= 4 is 0 Å². The molecular formula is C28H42O2. The van der Waals surface area contributed by atoms with Gasteiger partial charge in [-0.3, -0.25) is 0 Å². The third-order valence-corrected chi connectivity index (χ3v) is 6.36. The minimum absolute atomic E-state index is 0.126. The van der Waals surface area contributed by atoms with Crippen LogP contribution in [0.2, 0.25) is 0 Å². The zero-order chi connectivity index (χ0) is 22.3. The second-order valence-electron chi connectivity index (χ2n) is 9.70. The highest BCUT2D eigenvalue weighted by Gasteiger charge is 2.33. The van der Waals surface area contributed by atoms with Gasteiger partial charge in [0.15, 0.2) is 0 Å². The number of phenols is 1. The molecule has 2 rings (SSSR count). The molecule has 1 heterocycles. The number of hydrogen-bond donors (Lipinski definition) is 1. The van der Waals surface area contributed by atoms with E-state index in [1.807, 2.05) is 19.9 Å². The van der Waals surface area contributed by atoms with Gasteiger partial charge >= 0.3 is 0 Å². The topological polar surface area (TPSA) is 29.5 Å². The van der Waals surface area contributed by atoms with Gasteiger partial charge in [0.2, 0.25) is 0 Å². The second-order valence-corrected chi connectivity index (χ2v) is 9.70. The Kier molecular flexibility index (Phi) is 8.82. The first-order valence-electron chi connectivity index (χ1n) is 11.6. The monoisotopic (exact) mass is 410 g/mol. The fourth-order valence-electron chi connectivity index (χ4n) is 4.21. The fraction of sp³-hybridized carbons (Fsp3) is 0.571. The number of rotatable bonds is 9. The van der Waals surface area contributed by atoms with Gasteiger partial charge < -0.3 is 9.84 Å². The first kappa shape index (κ1) is 24.3. The largest absolute Gasteiger partial charge is 0.508 e. The molecule has 1 aromatic rings. The maximum absolute atomic E-state index is 10.1. The Balaban J connectivity index is 1.83. The van der Waals surface area contributed by atoms with Crippen molar-refractivity contribution in [2.45, 2.75) is 105 Å². The normalized spacial score (nSPS) is 19.3. The lowest BCUT2D eigenvalue weighted by atomic mass is 9.86. The van der Waals surface area contributed by atoms with E-state index in [4.69, 9.17) is 4.74 Å². The molecule has 1 atom stereocenters. The Labute approximate surface area is 184 Å². The molecule has 0 bridgehead atoms. The fourth-order valence-corrected chi connectivity index (χ4v) is 4.21. The second kappa shape index (κ2) is 10.9. The summed E-state index contributed by atoms with van der Waals surface area (Å²) in [6.45, 7) is 15.1. The van der Waals surface area contributed by atoms with Gasteiger partial charge in [-0.25, -0.2) is 0 Å². The number of aryl methyl sites for hydroxylation is 1. The van der Waals surface area contributed by atoms with E-state index in [0.717, 1.165) is 61.8 Å². The maximum atomic E-state index is 10.1. The van der Waals surface area contributed by atoms with Gasteiger partial charge in [0, 0.05) is 5.56 Å². The van der Waals surface area contributed by atoms with Gasteiger partial charge in [-0.1, -0.05) is 34.9 Å². The Morgan fingerprint density at radius 1 is 1.00 bits per heavy atom. The molecular weight excluding hydrogens is 368 g/mol. The zero-order valence-corrected chi connectivity index (χ0v) is 20.3. The molecule has 0 aromatic heterocycles. The highest BCUT2D eigenvalue weighted by Crippen LogP contribution is 2.42. The number of allylic oxidation sites excluding steroid dienone is 6. The van der Waals surface area contributed by atoms with Crippen molar-refractivity contribution in [3.63, 3.8) is 0 Å². The molecule has 30 heavy (non-hydrogen) atoms. The summed E-state index contributed by atoms with van der Waals surface area (Å²) >= 11 is 0. The van der Waals surface area contributed by atoms with Crippen LogP contribution in [-0.4, -0.2) is 10.7 Å². The van der Waals surface area contributed by atoms with Crippen molar-refractivity contribution in [1.82, 2.24) is 0 Å². The van der Waals surface area contributed by atoms with Crippen LogP contribution >= 0.6 is 0 Å². The van der Waals surface area contributed by atoms with Crippen molar-refractivity contribution in [2.24, 2.45) is 0 Å². The summed E-state index contributed by atoms with van der Waals surface area (Å²) in [6.07, 6.45) is 15.8. The van der Waals surface area contributed by atoms with Crippen LogP contribution in [-0.2, 0) is 6.42 Å². The first-order valence-corrected chi connectivity index (χ1v) is 11.6. The summed E-state index contributed by atoms with van der Waals surface area (Å²) < 4.78 is 6.48. The van der Waals surface area contributed by atoms with E-state index in [2.05, 4.69) is 52.8 Å². The number of hydrogen-bond acceptors (Lipinski definition) is 2. The molecule has 0 saturated heterocycles. The quantitative estimate of drug-likeness (QED) is 0.415. The molecule has 0 amide bonds. The van der Waals surface area contributed by atoms with E-state index >= 15 is 0 Å². The SMILES string of the molecule is CC(C)=CCC/C(C)=C/CC/C(C)=C/CCC1(C)CCc2c(C)c(O)cc(C)c2O1. The third kappa shape index (κ3) is 7.07. The Bertz CT molecular complexity index is 822. The molecule has 0 saturated carbocycles. The van der Waals surface area contributed by atoms with Crippen molar-refractivity contribution in [2.75, 3.05) is 0 Å². The summed E-state index contributed by atoms with van der Waals surface area (Å²) in [4.78, 5) is 0. The van der Waals surface area contributed by atoms with Crippen LogP contribution in [0.15, 0.2) is 41.0 Å². The van der Waals surface area contributed by atoms with Crippen LogP contribution in [0.3, 0.4) is 0 Å². The Morgan fingerprint density at radius 3 is 2.23 bits per heavy atom. The van der Waals surface area contributed by atoms with Crippen LogP contribution in [0.4, 0.5) is 0 Å². The molecule has 2 heteroatoms. The third-order valence-electron chi connectivity index (χ3n) is 6.36. The predicted octanol–water partition coefficient (Wildman–Crippen LogP) is 8.29. The number of ether oxygens (including phenoxy) is 1. The Morgan fingerprint density at radius 2 is 1.60 bits per heavy atom. The number of aromatic hydroxyl groups is 1. The average molecular weight is 411 g/mol. The molecule has 1 unspecified atom stereocenters. The van der Waals surface area contributed by atoms with Gasteiger partial charge in [0.05, 0.1) is 0 Å². The lowest BCUT2D eigenvalue weighted by Crippen LogP contribution is -2.36. The van der Waals surface area contributed by atoms with E-state index < -0.39 is 0 Å². The molecule has 0 aliphatic carbocycles. The number of fused-ring (bicyclic) bond motifs is 1. The number of phenolic OH excluding ortho intramolecular Hbond substituents is 1. The van der Waals surface area contributed by atoms with Crippen molar-refractivity contribution in [3.8, 4) is 11.5 Å². The van der Waals surface area contributed by atoms with E-state index in [1.165, 1.54) is 28.7 Å². The molecule has 0 radical (unpaired) electrons. The molecule has 1 aromatic carbocycles. The highest BCUT2D eigenvalue weighted by molar-refractivity contribution is 5.53. The predicted molar refractivity (Wildman–Crippen MR) is 130 cm³/mol. The zero-order valence-electron chi connectivity index (χ0n) is 20.3. The lowest BCUT2D eigenvalue weighted by Gasteiger charge is -2.37. The minimum Gasteiger partial charge on any atom is -0.508 e. The Hall–Kier alpha value is -1.96. The highest BCUT2D eigenvalue weighted by atomic mass is 16.5. The number of benzene rings is 1. The lowest BCUT2D eigenvalue weighted by molar-refractivity contribution is 0.0559. The van der Waals surface area contributed by atoms with Crippen molar-refractivity contribution in [1.29, 1.82) is 0 Å². The summed E-state index contributed by atoms with van der Waals surface area (Å²) in [5, 5.41) is 10.1. The van der Waals surface area contributed by atoms with Crippen LogP contribution in [0.25, 0.3) is 0 Å². The molecule has 2 nitrogen and oxygen atoms in total. The van der Waals surface area contributed by atoms with Crippen molar-refractivity contribution < 1.29 is 9.84 Å². The van der Waals surface area contributed by atoms with Crippen LogP contribution in [0, 0.1) is 13.8 Å². The molecule has 166 valence electrons. The van der Waals surface area contributed by atoms with Gasteiger partial charge in [0.25, 0.3) is 0 Å². The van der Waals surface area contributed by atoms with Gasteiger partial charge in [-0.2, -0.15) is 0 Å².